The quantitative estimate of drug-likeness (QED) is 0.293. The molecule has 0 saturated heterocycles. The Balaban J connectivity index is 2.43. The van der Waals surface area contributed by atoms with E-state index in [0.29, 0.717) is 4.40 Å². The van der Waals surface area contributed by atoms with Crippen molar-refractivity contribution in [2.24, 2.45) is 5.84 Å². The molecule has 0 radical (unpaired) electrons. The molecule has 0 atom stereocenters. The van der Waals surface area contributed by atoms with Gasteiger partial charge in [0.2, 0.25) is 0 Å². The Bertz CT molecular complexity index is 1090. The summed E-state index contributed by atoms with van der Waals surface area (Å²) in [5.41, 5.74) is -3.74. The molecule has 0 aliphatic heterocycles. The lowest BCUT2D eigenvalue weighted by molar-refractivity contribution is -0.291. The Morgan fingerprint density at radius 2 is 1.68 bits per heavy atom. The van der Waals surface area contributed by atoms with Crippen LogP contribution in [-0.2, 0) is 12.1 Å². The van der Waals surface area contributed by atoms with Crippen molar-refractivity contribution in [3.05, 3.63) is 41.3 Å². The number of rotatable bonds is 2. The van der Waals surface area contributed by atoms with Crippen molar-refractivity contribution in [2.75, 3.05) is 0 Å². The first-order chi connectivity index (χ1) is 12.8. The van der Waals surface area contributed by atoms with E-state index in [-0.39, 0.29) is 11.7 Å². The molecule has 3 rings (SSSR count). The zero-order valence-corrected chi connectivity index (χ0v) is 13.2. The number of hydrogen-bond donors (Lipinski definition) is 2. The van der Waals surface area contributed by atoms with Crippen molar-refractivity contribution < 1.29 is 39.9 Å². The van der Waals surface area contributed by atoms with Crippen molar-refractivity contribution in [1.82, 2.24) is 19.8 Å². The minimum atomic E-state index is -6.18. The van der Waals surface area contributed by atoms with Gasteiger partial charge in [0.1, 0.15) is 22.7 Å². The molecule has 3 aromatic heterocycles. The minimum absolute atomic E-state index is 0.223. The van der Waals surface area contributed by atoms with Gasteiger partial charge >= 0.3 is 18.3 Å². The highest BCUT2D eigenvalue weighted by molar-refractivity contribution is 5.93. The van der Waals surface area contributed by atoms with Gasteiger partial charge in [0.15, 0.2) is 0 Å². The zero-order valence-electron chi connectivity index (χ0n) is 13.2. The fourth-order valence-electron chi connectivity index (χ4n) is 2.45. The van der Waals surface area contributed by atoms with Crippen LogP contribution in [-0.4, -0.2) is 26.5 Å². The van der Waals surface area contributed by atoms with Gasteiger partial charge < -0.3 is 0 Å². The third kappa shape index (κ3) is 2.98. The van der Waals surface area contributed by atoms with Crippen molar-refractivity contribution in [2.45, 2.75) is 18.3 Å². The number of aromatic nitrogens is 3. The summed E-state index contributed by atoms with van der Waals surface area (Å²) in [4.78, 5) is 18.3. The predicted molar refractivity (Wildman–Crippen MR) is 77.1 cm³/mol. The van der Waals surface area contributed by atoms with Crippen LogP contribution in [0.15, 0.2) is 24.4 Å². The maximum absolute atomic E-state index is 13.7. The van der Waals surface area contributed by atoms with Crippen LogP contribution in [0.2, 0.25) is 0 Å². The molecule has 150 valence electrons. The summed E-state index contributed by atoms with van der Waals surface area (Å²) >= 11 is 0. The van der Waals surface area contributed by atoms with Crippen LogP contribution in [0.25, 0.3) is 16.7 Å². The van der Waals surface area contributed by atoms with Crippen molar-refractivity contribution in [1.29, 1.82) is 0 Å². The Kier molecular flexibility index (Phi) is 4.22. The van der Waals surface area contributed by atoms with Crippen LogP contribution < -0.4 is 11.3 Å². The largest absolute Gasteiger partial charge is 0.459 e. The van der Waals surface area contributed by atoms with Crippen LogP contribution in [0.4, 0.5) is 35.1 Å². The third-order valence-corrected chi connectivity index (χ3v) is 3.75. The number of alkyl halides is 8. The molecule has 0 unspecified atom stereocenters. The highest BCUT2D eigenvalue weighted by Crippen LogP contribution is 2.45. The molecule has 3 N–H and O–H groups in total. The lowest BCUT2D eigenvalue weighted by Crippen LogP contribution is -2.35. The van der Waals surface area contributed by atoms with Gasteiger partial charge in [0.05, 0.1) is 5.56 Å². The first-order valence-corrected chi connectivity index (χ1v) is 7.13. The van der Waals surface area contributed by atoms with Gasteiger partial charge in [-0.15, -0.1) is 0 Å². The smallest absolute Gasteiger partial charge is 0.289 e. The summed E-state index contributed by atoms with van der Waals surface area (Å²) in [6, 6.07) is 1.45. The number of imidazole rings is 1. The lowest BCUT2D eigenvalue weighted by Gasteiger charge is -2.21. The van der Waals surface area contributed by atoms with Gasteiger partial charge in [-0.1, -0.05) is 0 Å². The van der Waals surface area contributed by atoms with Crippen molar-refractivity contribution >= 4 is 22.6 Å². The maximum atomic E-state index is 13.7. The first kappa shape index (κ1) is 19.7. The van der Waals surface area contributed by atoms with Crippen LogP contribution in [0.5, 0.6) is 0 Å². The molecule has 14 heteroatoms. The Hall–Kier alpha value is -3.03. The number of nitrogens with zero attached hydrogens (tertiary/aromatic N) is 3. The average molecular weight is 413 g/mol. The summed E-state index contributed by atoms with van der Waals surface area (Å²) in [6.45, 7) is 0. The highest BCUT2D eigenvalue weighted by atomic mass is 19.4. The molecule has 0 bridgehead atoms. The lowest BCUT2D eigenvalue weighted by atomic mass is 10.1. The number of hydrazine groups is 1. The van der Waals surface area contributed by atoms with E-state index in [1.165, 1.54) is 0 Å². The summed E-state index contributed by atoms with van der Waals surface area (Å²) in [5, 5.41) is -0.765. The zero-order chi connectivity index (χ0) is 21.1. The fourth-order valence-corrected chi connectivity index (χ4v) is 2.45. The number of fused-ring (bicyclic) bond motifs is 3. The van der Waals surface area contributed by atoms with Gasteiger partial charge in [0.25, 0.3) is 5.91 Å². The second-order valence-electron chi connectivity index (χ2n) is 5.52. The molecular formula is C14H7F8N5O. The Morgan fingerprint density at radius 3 is 2.21 bits per heavy atom. The van der Waals surface area contributed by atoms with Gasteiger partial charge in [0, 0.05) is 11.6 Å². The molecular weight excluding hydrogens is 406 g/mol. The number of hydrogen-bond acceptors (Lipinski definition) is 4. The molecule has 28 heavy (non-hydrogen) atoms. The molecule has 1 amide bonds. The number of carbonyl (C=O) groups excluding carboxylic acids is 1. The van der Waals surface area contributed by atoms with Gasteiger partial charge in [-0.05, 0) is 18.2 Å². The van der Waals surface area contributed by atoms with E-state index in [1.807, 2.05) is 0 Å². The van der Waals surface area contributed by atoms with Gasteiger partial charge in [-0.25, -0.2) is 15.8 Å². The van der Waals surface area contributed by atoms with E-state index < -0.39 is 52.2 Å². The number of nitrogens with two attached hydrogens (primary N) is 1. The van der Waals surface area contributed by atoms with E-state index in [1.54, 1.807) is 5.43 Å². The molecule has 0 saturated carbocycles. The Labute approximate surface area is 148 Å². The third-order valence-electron chi connectivity index (χ3n) is 3.75. The number of amides is 1. The van der Waals surface area contributed by atoms with Gasteiger partial charge in [-0.2, -0.15) is 35.1 Å². The second kappa shape index (κ2) is 5.98. The number of halogens is 8. The number of pyridine rings is 2. The van der Waals surface area contributed by atoms with Gasteiger partial charge in [-0.3, -0.25) is 14.6 Å². The van der Waals surface area contributed by atoms with Crippen LogP contribution in [0.1, 0.15) is 21.7 Å². The molecule has 0 spiro atoms. The minimum Gasteiger partial charge on any atom is -0.289 e. The standard InChI is InChI=1S/C14H7F8N5O/c15-12(16,14(20,21)22)8-3-6(13(17,18)19)5-1-2-9-24-7(11(28)26-23)4-27(9)10(5)25-8/h1-4H,23H2,(H,26,28). The summed E-state index contributed by atoms with van der Waals surface area (Å²) in [7, 11) is 0. The topological polar surface area (TPSA) is 85.3 Å². The molecule has 6 nitrogen and oxygen atoms in total. The molecule has 3 aromatic rings. The van der Waals surface area contributed by atoms with Crippen LogP contribution >= 0.6 is 0 Å². The summed E-state index contributed by atoms with van der Waals surface area (Å²) < 4.78 is 106. The first-order valence-electron chi connectivity index (χ1n) is 7.13. The van der Waals surface area contributed by atoms with Crippen molar-refractivity contribution in [3.63, 3.8) is 0 Å². The molecule has 0 aliphatic carbocycles. The van der Waals surface area contributed by atoms with Crippen molar-refractivity contribution in [3.8, 4) is 0 Å². The van der Waals surface area contributed by atoms with E-state index in [2.05, 4.69) is 9.97 Å². The van der Waals surface area contributed by atoms with E-state index in [0.717, 1.165) is 18.3 Å². The predicted octanol–water partition coefficient (Wildman–Crippen LogP) is 3.16. The summed E-state index contributed by atoms with van der Waals surface area (Å²) in [6.07, 6.45) is -10.6. The summed E-state index contributed by atoms with van der Waals surface area (Å²) in [5.74, 6) is -1.71. The highest BCUT2D eigenvalue weighted by Gasteiger charge is 2.60. The molecule has 0 fully saturated rings. The molecule has 0 aliphatic rings. The Morgan fingerprint density at radius 1 is 1.04 bits per heavy atom. The monoisotopic (exact) mass is 413 g/mol. The van der Waals surface area contributed by atoms with Crippen LogP contribution in [0.3, 0.4) is 0 Å². The average Bonchev–Trinajstić information content (AvgIpc) is 3.02. The molecule has 3 heterocycles. The number of nitrogens with one attached hydrogen (secondary N) is 1. The van der Waals surface area contributed by atoms with E-state index in [4.69, 9.17) is 5.84 Å². The molecule has 0 aromatic carbocycles. The second-order valence-corrected chi connectivity index (χ2v) is 5.52. The van der Waals surface area contributed by atoms with E-state index >= 15 is 0 Å². The number of nitrogen functional groups attached to an aromatic ring is 1. The van der Waals surface area contributed by atoms with Crippen LogP contribution in [0, 0.1) is 0 Å². The van der Waals surface area contributed by atoms with E-state index in [9.17, 15) is 39.9 Å². The normalized spacial score (nSPS) is 13.3. The number of carbonyl (C=O) groups is 1. The fraction of sp³-hybridized carbons (Fsp3) is 0.214. The SMILES string of the molecule is NNC(=O)c1cn2c(ccc3c(C(F)(F)F)cc(C(F)(F)C(F)(F)F)nc32)n1. The maximum Gasteiger partial charge on any atom is 0.459 e.